The van der Waals surface area contributed by atoms with E-state index in [2.05, 4.69) is 20.9 Å². The summed E-state index contributed by atoms with van der Waals surface area (Å²) in [6.07, 6.45) is 1.08. The maximum atomic E-state index is 13.0. The van der Waals surface area contributed by atoms with Crippen LogP contribution in [0.4, 0.5) is 0 Å². The summed E-state index contributed by atoms with van der Waals surface area (Å²) in [5.74, 6) is -1.93. The van der Waals surface area contributed by atoms with Crippen molar-refractivity contribution in [3.8, 4) is 0 Å². The first-order chi connectivity index (χ1) is 13.8. The maximum Gasteiger partial charge on any atom is 0.324 e. The Kier molecular flexibility index (Phi) is 7.13. The van der Waals surface area contributed by atoms with Crippen molar-refractivity contribution in [2.75, 3.05) is 0 Å². The normalized spacial score (nSPS) is 14.2. The predicted molar refractivity (Wildman–Crippen MR) is 118 cm³/mol. The molecule has 2 aromatic heterocycles. The summed E-state index contributed by atoms with van der Waals surface area (Å²) >= 11 is 11.6. The number of carbonyl (C=O) groups is 2. The molecule has 0 fully saturated rings. The first-order valence-electron chi connectivity index (χ1n) is 8.35. The van der Waals surface area contributed by atoms with Crippen molar-refractivity contribution in [3.05, 3.63) is 80.2 Å². The van der Waals surface area contributed by atoms with Crippen LogP contribution in [0.15, 0.2) is 68.8 Å². The van der Waals surface area contributed by atoms with Gasteiger partial charge in [-0.25, -0.2) is 0 Å². The molecule has 2 unspecified atom stereocenters. The summed E-state index contributed by atoms with van der Waals surface area (Å²) in [5, 5.41) is 23.5. The molecule has 29 heavy (non-hydrogen) atoms. The summed E-state index contributed by atoms with van der Waals surface area (Å²) in [5.41, 5.74) is -0.996. The topological polar surface area (TPSA) is 87.5 Å². The molecule has 3 rings (SSSR count). The molecule has 0 aliphatic carbocycles. The van der Waals surface area contributed by atoms with Gasteiger partial charge in [0.2, 0.25) is 0 Å². The highest BCUT2D eigenvalue weighted by Gasteiger charge is 2.40. The molecule has 0 amide bonds. The van der Waals surface area contributed by atoms with Gasteiger partial charge < -0.3 is 10.2 Å². The number of carboxylic acids is 1. The molecule has 0 aliphatic heterocycles. The van der Waals surface area contributed by atoms with Crippen molar-refractivity contribution in [1.82, 2.24) is 4.98 Å². The average Bonchev–Trinajstić information content (AvgIpc) is 3.23. The number of benzene rings is 1. The zero-order chi connectivity index (χ0) is 21.0. The number of thioether (sulfide) groups is 1. The first-order valence-corrected chi connectivity index (χ1v) is 11.3. The Morgan fingerprint density at radius 3 is 2.59 bits per heavy atom. The van der Waals surface area contributed by atoms with E-state index >= 15 is 0 Å². The molecule has 0 spiro atoms. The van der Waals surface area contributed by atoms with Crippen LogP contribution in [0.3, 0.4) is 0 Å². The predicted octanol–water partition coefficient (Wildman–Crippen LogP) is 5.00. The number of carboxylic acid groups (broad SMARTS) is 1. The van der Waals surface area contributed by atoms with Crippen LogP contribution in [-0.2, 0) is 15.2 Å². The fraction of sp³-hybridized carbons (Fsp3) is 0.150. The molecule has 2 heterocycles. The Labute approximate surface area is 188 Å². The van der Waals surface area contributed by atoms with Crippen LogP contribution in [0, 0.1) is 0 Å². The first kappa shape index (κ1) is 22.0. The Bertz CT molecular complexity index is 1010. The summed E-state index contributed by atoms with van der Waals surface area (Å²) < 4.78 is 0.720. The molecule has 3 aromatic rings. The average molecular weight is 513 g/mol. The quantitative estimate of drug-likeness (QED) is 0.326. The van der Waals surface area contributed by atoms with Crippen molar-refractivity contribution in [3.63, 3.8) is 0 Å². The zero-order valence-electron chi connectivity index (χ0n) is 14.8. The number of carbonyl (C=O) groups excluding carboxylic acids is 1. The highest BCUT2D eigenvalue weighted by molar-refractivity contribution is 9.10. The molecule has 2 N–H and O–H groups in total. The molecule has 0 aliphatic rings. The second-order valence-electron chi connectivity index (χ2n) is 6.14. The highest BCUT2D eigenvalue weighted by Crippen LogP contribution is 2.37. The molecule has 1 aromatic carbocycles. The molecule has 2 atom stereocenters. The van der Waals surface area contributed by atoms with Gasteiger partial charge in [0.1, 0.15) is 5.60 Å². The molecule has 0 radical (unpaired) electrons. The van der Waals surface area contributed by atoms with Gasteiger partial charge in [0.15, 0.2) is 11.0 Å². The summed E-state index contributed by atoms with van der Waals surface area (Å²) in [7, 11) is 0. The van der Waals surface area contributed by atoms with Crippen molar-refractivity contribution in [2.45, 2.75) is 22.2 Å². The van der Waals surface area contributed by atoms with E-state index in [4.69, 9.17) is 11.6 Å². The van der Waals surface area contributed by atoms with Crippen molar-refractivity contribution < 1.29 is 19.8 Å². The monoisotopic (exact) mass is 511 g/mol. The van der Waals surface area contributed by atoms with E-state index in [0.717, 1.165) is 16.2 Å². The van der Waals surface area contributed by atoms with Crippen molar-refractivity contribution >= 4 is 62.4 Å². The summed E-state index contributed by atoms with van der Waals surface area (Å²) in [6, 6.07) is 11.7. The number of ketones is 1. The van der Waals surface area contributed by atoms with Gasteiger partial charge in [0.05, 0.1) is 10.7 Å². The number of rotatable bonds is 8. The second kappa shape index (κ2) is 9.40. The van der Waals surface area contributed by atoms with Crippen LogP contribution in [0.1, 0.15) is 17.7 Å². The van der Waals surface area contributed by atoms with Crippen LogP contribution in [0.2, 0.25) is 5.02 Å². The van der Waals surface area contributed by atoms with E-state index in [9.17, 15) is 19.8 Å². The number of hydrogen-bond acceptors (Lipinski definition) is 6. The van der Waals surface area contributed by atoms with E-state index < -0.39 is 29.0 Å². The molecular formula is C20H15BrClNO4S2. The largest absolute Gasteiger partial charge is 0.480 e. The lowest BCUT2D eigenvalue weighted by Crippen LogP contribution is -2.37. The molecule has 5 nitrogen and oxygen atoms in total. The van der Waals surface area contributed by atoms with Gasteiger partial charge in [0.25, 0.3) is 0 Å². The van der Waals surface area contributed by atoms with E-state index in [0.29, 0.717) is 15.5 Å². The van der Waals surface area contributed by atoms with Crippen LogP contribution >= 0.6 is 50.6 Å². The van der Waals surface area contributed by atoms with Gasteiger partial charge in [-0.3, -0.25) is 14.6 Å². The van der Waals surface area contributed by atoms with Crippen molar-refractivity contribution in [2.24, 2.45) is 0 Å². The van der Waals surface area contributed by atoms with E-state index in [1.807, 2.05) is 0 Å². The number of nitrogens with zero attached hydrogens (tertiary/aromatic N) is 1. The fourth-order valence-corrected chi connectivity index (χ4v) is 4.86. The summed E-state index contributed by atoms with van der Waals surface area (Å²) in [6.45, 7) is 0. The van der Waals surface area contributed by atoms with Crippen LogP contribution < -0.4 is 0 Å². The number of aromatic nitrogens is 1. The number of thiophene rings is 1. The van der Waals surface area contributed by atoms with Crippen LogP contribution in [0.25, 0.3) is 0 Å². The third kappa shape index (κ3) is 5.07. The minimum absolute atomic E-state index is 0.263. The number of Topliss-reactive ketones (excluding diaryl/α,β-unsaturated/α-hetero) is 1. The van der Waals surface area contributed by atoms with Gasteiger partial charge >= 0.3 is 5.97 Å². The SMILES string of the molecule is O=C(O)C(Sc1ccccc1Cl)C(=O)CC(O)(c1ccsc1)c1ccc(Br)cn1. The highest BCUT2D eigenvalue weighted by atomic mass is 79.9. The number of pyridine rings is 1. The second-order valence-corrected chi connectivity index (χ2v) is 9.39. The van der Waals surface area contributed by atoms with Gasteiger partial charge in [-0.2, -0.15) is 11.3 Å². The molecule has 150 valence electrons. The van der Waals surface area contributed by atoms with Crippen molar-refractivity contribution in [1.29, 1.82) is 0 Å². The lowest BCUT2D eigenvalue weighted by Gasteiger charge is -2.27. The standard InChI is InChI=1S/C20H15BrClNO4S2/c21-13-5-6-17(23-10-13)20(27,12-7-8-28-11-12)9-15(24)18(19(25)26)29-16-4-2-1-3-14(16)22/h1-8,10-11,18,27H,9H2,(H,25,26). The molecule has 0 saturated heterocycles. The van der Waals surface area contributed by atoms with Crippen LogP contribution in [0.5, 0.6) is 0 Å². The van der Waals surface area contributed by atoms with Gasteiger partial charge in [0, 0.05) is 27.5 Å². The van der Waals surface area contributed by atoms with E-state index in [1.165, 1.54) is 17.5 Å². The third-order valence-electron chi connectivity index (χ3n) is 4.18. The Morgan fingerprint density at radius 2 is 2.00 bits per heavy atom. The lowest BCUT2D eigenvalue weighted by molar-refractivity contribution is -0.140. The fourth-order valence-electron chi connectivity index (χ4n) is 2.73. The van der Waals surface area contributed by atoms with Gasteiger partial charge in [-0.05, 0) is 57.0 Å². The van der Waals surface area contributed by atoms with E-state index in [1.54, 1.807) is 53.2 Å². The smallest absolute Gasteiger partial charge is 0.324 e. The number of aliphatic carboxylic acids is 1. The number of aliphatic hydroxyl groups is 1. The Morgan fingerprint density at radius 1 is 1.24 bits per heavy atom. The van der Waals surface area contributed by atoms with E-state index in [-0.39, 0.29) is 5.69 Å². The molecule has 0 saturated carbocycles. The maximum absolute atomic E-state index is 13.0. The number of hydrogen-bond donors (Lipinski definition) is 2. The lowest BCUT2D eigenvalue weighted by atomic mass is 9.86. The third-order valence-corrected chi connectivity index (χ3v) is 7.08. The number of halogens is 2. The molecule has 0 bridgehead atoms. The van der Waals surface area contributed by atoms with Gasteiger partial charge in [-0.1, -0.05) is 23.7 Å². The zero-order valence-corrected chi connectivity index (χ0v) is 18.8. The summed E-state index contributed by atoms with van der Waals surface area (Å²) in [4.78, 5) is 29.6. The van der Waals surface area contributed by atoms with Gasteiger partial charge in [-0.15, -0.1) is 11.8 Å². The minimum Gasteiger partial charge on any atom is -0.480 e. The molecular weight excluding hydrogens is 498 g/mol. The molecule has 9 heteroatoms. The Hall–Kier alpha value is -1.71. The minimum atomic E-state index is -1.74. The van der Waals surface area contributed by atoms with Crippen LogP contribution in [-0.4, -0.2) is 32.2 Å². The Balaban J connectivity index is 1.93.